The molecule has 0 amide bonds. The second-order valence-corrected chi connectivity index (χ2v) is 15.1. The average Bonchev–Trinajstić information content (AvgIpc) is 3.63. The first-order chi connectivity index (χ1) is 23.0. The summed E-state index contributed by atoms with van der Waals surface area (Å²) in [6.45, 7) is 4.51. The molecule has 0 radical (unpaired) electrons. The van der Waals surface area contributed by atoms with Crippen molar-refractivity contribution in [3.05, 3.63) is 92.1 Å². The van der Waals surface area contributed by atoms with E-state index in [9.17, 15) is 9.90 Å². The van der Waals surface area contributed by atoms with Crippen LogP contribution in [-0.4, -0.2) is 41.8 Å². The van der Waals surface area contributed by atoms with Gasteiger partial charge in [0.05, 0.1) is 33.6 Å². The number of nitrogens with zero attached hydrogens (tertiary/aromatic N) is 5. The molecule has 248 valence electrons. The number of thioether (sulfide) groups is 2. The standard InChI is InChI=1S/C36H35Cl2N5O3S2/c1-19-8-9-25-21(11-19)12-24-14-30(25)46-10-6-7-26-32-27(37)15-28(38)33(35(32)41(3)34(26)36(44)45)31-20(2)42(4)40-29(31)18-47-16-22-13-23(17-48-24)43(5)39-22/h8-9,11-15H,6-7,10,16-18H2,1-5H3,(H,44,45). The number of hydrogen-bond donors (Lipinski definition) is 1. The molecule has 0 aliphatic carbocycles. The van der Waals surface area contributed by atoms with Crippen molar-refractivity contribution < 1.29 is 14.6 Å². The van der Waals surface area contributed by atoms with Crippen molar-refractivity contribution in [2.75, 3.05) is 6.61 Å². The lowest BCUT2D eigenvalue weighted by molar-refractivity contribution is 0.0685. The maximum atomic E-state index is 12.8. The molecule has 12 heteroatoms. The lowest BCUT2D eigenvalue weighted by Crippen LogP contribution is -2.09. The van der Waals surface area contributed by atoms with Crippen LogP contribution in [0, 0.1) is 13.8 Å². The zero-order valence-electron chi connectivity index (χ0n) is 27.4. The quantitative estimate of drug-likeness (QED) is 0.181. The molecule has 0 unspecified atom stereocenters. The first kappa shape index (κ1) is 33.0. The smallest absolute Gasteiger partial charge is 0.352 e. The van der Waals surface area contributed by atoms with Gasteiger partial charge in [0.15, 0.2) is 0 Å². The Morgan fingerprint density at radius 3 is 2.54 bits per heavy atom. The van der Waals surface area contributed by atoms with E-state index in [1.165, 1.54) is 5.56 Å². The lowest BCUT2D eigenvalue weighted by Gasteiger charge is -2.13. The third-order valence-corrected chi connectivity index (χ3v) is 11.7. The van der Waals surface area contributed by atoms with Crippen molar-refractivity contribution in [1.82, 2.24) is 24.1 Å². The minimum atomic E-state index is -1.02. The largest absolute Gasteiger partial charge is 0.493 e. The van der Waals surface area contributed by atoms with Gasteiger partial charge in [-0.05, 0) is 61.9 Å². The Balaban J connectivity index is 1.38. The number of rotatable bonds is 1. The Labute approximate surface area is 297 Å². The van der Waals surface area contributed by atoms with E-state index in [1.54, 1.807) is 41.2 Å². The minimum absolute atomic E-state index is 0.195. The summed E-state index contributed by atoms with van der Waals surface area (Å²) < 4.78 is 12.0. The van der Waals surface area contributed by atoms with E-state index < -0.39 is 5.97 Å². The predicted molar refractivity (Wildman–Crippen MR) is 197 cm³/mol. The Kier molecular flexibility index (Phi) is 8.95. The van der Waals surface area contributed by atoms with E-state index >= 15 is 0 Å². The van der Waals surface area contributed by atoms with E-state index in [0.717, 1.165) is 61.1 Å². The van der Waals surface area contributed by atoms with Gasteiger partial charge in [-0.25, -0.2) is 4.79 Å². The number of aromatic nitrogens is 5. The number of aryl methyl sites for hydroxylation is 5. The van der Waals surface area contributed by atoms with Gasteiger partial charge >= 0.3 is 5.97 Å². The highest BCUT2D eigenvalue weighted by molar-refractivity contribution is 7.98. The maximum absolute atomic E-state index is 12.8. The number of benzene rings is 3. The van der Waals surface area contributed by atoms with E-state index in [1.807, 2.05) is 30.4 Å². The summed E-state index contributed by atoms with van der Waals surface area (Å²) in [6.07, 6.45) is 1.05. The van der Waals surface area contributed by atoms with E-state index in [4.69, 9.17) is 38.1 Å². The molecule has 8 nitrogen and oxygen atoms in total. The molecular weight excluding hydrogens is 685 g/mol. The van der Waals surface area contributed by atoms with Gasteiger partial charge in [0.2, 0.25) is 0 Å². The number of halogens is 2. The third-order valence-electron chi connectivity index (χ3n) is 9.10. The minimum Gasteiger partial charge on any atom is -0.493 e. The zero-order chi connectivity index (χ0) is 33.9. The Bertz CT molecular complexity index is 2250. The summed E-state index contributed by atoms with van der Waals surface area (Å²) in [5, 5.41) is 23.9. The number of ether oxygens (including phenoxy) is 1. The van der Waals surface area contributed by atoms with Gasteiger partial charge < -0.3 is 14.4 Å². The van der Waals surface area contributed by atoms with Gasteiger partial charge in [-0.3, -0.25) is 9.36 Å². The molecule has 1 aliphatic rings. The van der Waals surface area contributed by atoms with Gasteiger partial charge in [-0.2, -0.15) is 10.2 Å². The highest BCUT2D eigenvalue weighted by Crippen LogP contribution is 2.45. The van der Waals surface area contributed by atoms with Crippen molar-refractivity contribution in [1.29, 1.82) is 0 Å². The van der Waals surface area contributed by atoms with Crippen LogP contribution in [-0.2, 0) is 44.8 Å². The van der Waals surface area contributed by atoms with Gasteiger partial charge in [-0.15, -0.1) is 23.5 Å². The average molecular weight is 721 g/mol. The summed E-state index contributed by atoms with van der Waals surface area (Å²) in [6, 6.07) is 14.6. The molecular formula is C36H35Cl2N5O3S2. The van der Waals surface area contributed by atoms with E-state index in [2.05, 4.69) is 43.3 Å². The van der Waals surface area contributed by atoms with Crippen LogP contribution in [0.3, 0.4) is 0 Å². The molecule has 0 saturated carbocycles. The highest BCUT2D eigenvalue weighted by atomic mass is 35.5. The summed E-state index contributed by atoms with van der Waals surface area (Å²) in [7, 11) is 5.69. The molecule has 1 aliphatic heterocycles. The van der Waals surface area contributed by atoms with Crippen LogP contribution < -0.4 is 4.74 Å². The van der Waals surface area contributed by atoms with E-state index in [-0.39, 0.29) is 5.69 Å². The van der Waals surface area contributed by atoms with Crippen LogP contribution in [0.5, 0.6) is 5.75 Å². The second kappa shape index (κ2) is 13.0. The number of aromatic carboxylic acids is 1. The van der Waals surface area contributed by atoms with Crippen molar-refractivity contribution >= 4 is 74.4 Å². The van der Waals surface area contributed by atoms with Gasteiger partial charge in [0.25, 0.3) is 0 Å². The number of hydrogen-bond acceptors (Lipinski definition) is 6. The Morgan fingerprint density at radius 2 is 1.75 bits per heavy atom. The second-order valence-electron chi connectivity index (χ2n) is 12.3. The molecule has 3 aromatic heterocycles. The molecule has 0 saturated heterocycles. The van der Waals surface area contributed by atoms with Crippen LogP contribution >= 0.6 is 46.7 Å². The molecule has 1 N–H and O–H groups in total. The maximum Gasteiger partial charge on any atom is 0.352 e. The summed E-state index contributed by atoms with van der Waals surface area (Å²) in [4.78, 5) is 13.9. The molecule has 48 heavy (non-hydrogen) atoms. The molecule has 6 aromatic rings. The van der Waals surface area contributed by atoms with Gasteiger partial charge in [0.1, 0.15) is 11.4 Å². The summed E-state index contributed by atoms with van der Waals surface area (Å²) >= 11 is 17.4. The Hall–Kier alpha value is -3.57. The SMILES string of the molecule is Cc1ccc2c3cc(cc2c1)SCc1cc(nn1C)CSCc1nn(C)c(C)c1-c1c(Cl)cc(Cl)c2c(c(C(=O)O)n(C)c12)CCCO3. The number of carboxylic acids is 1. The fraction of sp³-hybridized carbons (Fsp3) is 0.306. The van der Waals surface area contributed by atoms with Crippen molar-refractivity contribution in [2.45, 2.75) is 48.8 Å². The molecule has 4 heterocycles. The molecule has 8 bridgehead atoms. The van der Waals surface area contributed by atoms with Crippen molar-refractivity contribution in [3.8, 4) is 16.9 Å². The summed E-state index contributed by atoms with van der Waals surface area (Å²) in [5.74, 6) is 1.90. The molecule has 0 spiro atoms. The number of carbonyl (C=O) groups is 1. The lowest BCUT2D eigenvalue weighted by atomic mass is 9.98. The molecule has 3 aromatic carbocycles. The molecule has 0 atom stereocenters. The van der Waals surface area contributed by atoms with Crippen LogP contribution in [0.4, 0.5) is 0 Å². The van der Waals surface area contributed by atoms with Crippen LogP contribution in [0.25, 0.3) is 32.8 Å². The van der Waals surface area contributed by atoms with Crippen LogP contribution in [0.15, 0.2) is 47.4 Å². The molecule has 7 rings (SSSR count). The highest BCUT2D eigenvalue weighted by Gasteiger charge is 2.29. The van der Waals surface area contributed by atoms with Crippen LogP contribution in [0.2, 0.25) is 10.0 Å². The normalized spacial score (nSPS) is 14.2. The predicted octanol–water partition coefficient (Wildman–Crippen LogP) is 9.14. The topological polar surface area (TPSA) is 87.1 Å². The number of fused-ring (bicyclic) bond motifs is 8. The molecule has 0 fully saturated rings. The monoisotopic (exact) mass is 719 g/mol. The summed E-state index contributed by atoms with van der Waals surface area (Å²) in [5.41, 5.74) is 8.33. The fourth-order valence-corrected chi connectivity index (χ4v) is 9.26. The van der Waals surface area contributed by atoms with Crippen molar-refractivity contribution in [3.63, 3.8) is 0 Å². The van der Waals surface area contributed by atoms with E-state index in [0.29, 0.717) is 57.5 Å². The van der Waals surface area contributed by atoms with Gasteiger partial charge in [-0.1, -0.05) is 47.0 Å². The fourth-order valence-electron chi connectivity index (χ4n) is 6.77. The number of carboxylic acid groups (broad SMARTS) is 1. The Morgan fingerprint density at radius 1 is 0.938 bits per heavy atom. The van der Waals surface area contributed by atoms with Gasteiger partial charge in [0, 0.05) is 76.6 Å². The van der Waals surface area contributed by atoms with Crippen LogP contribution in [0.1, 0.15) is 50.8 Å². The first-order valence-corrected chi connectivity index (χ1v) is 18.6. The zero-order valence-corrected chi connectivity index (χ0v) is 30.5. The third kappa shape index (κ3) is 5.87. The first-order valence-electron chi connectivity index (χ1n) is 15.7. The van der Waals surface area contributed by atoms with Crippen molar-refractivity contribution in [2.24, 2.45) is 21.1 Å².